The van der Waals surface area contributed by atoms with E-state index in [0.29, 0.717) is 18.8 Å². The maximum absolute atomic E-state index is 13.4. The first-order chi connectivity index (χ1) is 43.5. The van der Waals surface area contributed by atoms with Crippen molar-refractivity contribution in [2.24, 2.45) is 11.8 Å². The molecule has 5 saturated heterocycles. The van der Waals surface area contributed by atoms with Crippen LogP contribution >= 0.6 is 15.9 Å². The minimum absolute atomic E-state index is 0. The first kappa shape index (κ1) is 76.5. The number of carbonyl (C=O) groups is 2. The van der Waals surface area contributed by atoms with Crippen molar-refractivity contribution in [3.8, 4) is 0 Å². The molecule has 5 aliphatic heterocycles. The van der Waals surface area contributed by atoms with Gasteiger partial charge in [-0.25, -0.2) is 9.97 Å². The second kappa shape index (κ2) is 32.2. The van der Waals surface area contributed by atoms with Crippen molar-refractivity contribution in [3.05, 3.63) is 124 Å². The van der Waals surface area contributed by atoms with Crippen LogP contribution in [0, 0.1) is 11.8 Å². The highest BCUT2D eigenvalue weighted by Gasteiger charge is 2.64. The molecule has 16 nitrogen and oxygen atoms in total. The lowest BCUT2D eigenvalue weighted by atomic mass is 9.49. The van der Waals surface area contributed by atoms with Gasteiger partial charge in [-0.05, 0) is 199 Å². The minimum Gasteiger partial charge on any atom is -0.405 e. The van der Waals surface area contributed by atoms with Gasteiger partial charge in [0.15, 0.2) is 0 Å². The molecule has 2 aromatic heterocycles. The fourth-order valence-corrected chi connectivity index (χ4v) is 13.3. The summed E-state index contributed by atoms with van der Waals surface area (Å²) in [5, 5.41) is 0. The van der Waals surface area contributed by atoms with Crippen LogP contribution in [0.25, 0.3) is 22.1 Å². The van der Waals surface area contributed by atoms with Gasteiger partial charge in [-0.2, -0.15) is 0 Å². The number of rotatable bonds is 20. The first-order valence-electron chi connectivity index (χ1n) is 33.8. The average Bonchev–Trinajstić information content (AvgIpc) is 1.61. The van der Waals surface area contributed by atoms with Gasteiger partial charge in [0.1, 0.15) is 11.6 Å². The van der Waals surface area contributed by atoms with Crippen LogP contribution < -0.4 is 5.46 Å². The van der Waals surface area contributed by atoms with Crippen molar-refractivity contribution in [2.45, 2.75) is 235 Å². The number of amides is 2. The Morgan fingerprint density at radius 2 is 0.883 bits per heavy atom. The molecule has 94 heavy (non-hydrogen) atoms. The molecular formula is C74H112B3BrN6O10. The normalized spacial score (nSPS) is 21.4. The van der Waals surface area contributed by atoms with E-state index in [1.807, 2.05) is 67.5 Å². The molecule has 0 bridgehead atoms. The Hall–Kier alpha value is -4.89. The lowest BCUT2D eigenvalue weighted by molar-refractivity contribution is -0.134. The monoisotopic (exact) mass is 1360 g/mol. The van der Waals surface area contributed by atoms with Crippen LogP contribution in [0.4, 0.5) is 0 Å². The largest absolute Gasteiger partial charge is 0.494 e. The number of aromatic nitrogens is 4. The topological polar surface area (TPSA) is 150 Å². The molecule has 5 fully saturated rings. The average molecular weight is 1360 g/mol. The van der Waals surface area contributed by atoms with Crippen LogP contribution in [0.5, 0.6) is 0 Å². The number of imidazole rings is 2. The smallest absolute Gasteiger partial charge is 0.405 e. The van der Waals surface area contributed by atoms with E-state index >= 15 is 0 Å². The quantitative estimate of drug-likeness (QED) is 0.0529. The zero-order valence-electron chi connectivity index (χ0n) is 58.2. The van der Waals surface area contributed by atoms with Crippen molar-refractivity contribution in [3.63, 3.8) is 0 Å². The second-order valence-electron chi connectivity index (χ2n) is 29.5. The van der Waals surface area contributed by atoms with Crippen molar-refractivity contribution in [2.75, 3.05) is 53.6 Å². The molecule has 5 aliphatic rings. The lowest BCUT2D eigenvalue weighted by Crippen LogP contribution is -2.41. The van der Waals surface area contributed by atoms with Crippen molar-refractivity contribution >= 4 is 76.4 Å². The van der Waals surface area contributed by atoms with Crippen molar-refractivity contribution in [1.82, 2.24) is 28.9 Å². The molecule has 514 valence electrons. The number of halogens is 1. The van der Waals surface area contributed by atoms with E-state index < -0.39 is 14.0 Å². The number of hydrogen-bond acceptors (Lipinski definition) is 12. The van der Waals surface area contributed by atoms with Crippen molar-refractivity contribution in [1.29, 1.82) is 0 Å². The predicted molar refractivity (Wildman–Crippen MR) is 386 cm³/mol. The van der Waals surface area contributed by atoms with E-state index in [1.165, 1.54) is 22.2 Å². The van der Waals surface area contributed by atoms with E-state index in [2.05, 4.69) is 161 Å². The standard InChI is InChI=1S/C33H46BN3O4.C27H34BrN3O2.C12H24B2O4.2CH4/c1-24(21-25-14-16-27(17-15-25)34-40-32(2,3)33(4,5)41-34)22-30(38)36-18-9-11-26(23-36)31-35-28-12-7-8-13-29(28)37(31)19-10-20-39-6;1-20(17-21-10-12-23(28)13-11-21)18-26(32)30-14-5-7-22(19-30)27-29-24-8-3-4-9-25(24)31(27)15-6-16-33-2;1-9(2)10(3,4)16-13(15-9)14-17-11(5,6)12(7,8)18-14;;/h7-8,12-17,24,26H,9-11,18-23H2,1-6H3;3-4,8-13,20,22H,5-7,14-19H2,1-2H3;1-8H3;2*1H4/t24-,26-;20-,22-;;;/m11.../s1. The predicted octanol–water partition coefficient (Wildman–Crippen LogP) is 14.7. The third kappa shape index (κ3) is 18.3. The number of likely N-dealkylation sites (tertiary alicyclic amines) is 2. The van der Waals surface area contributed by atoms with Crippen LogP contribution in [0.1, 0.15) is 198 Å². The number of aryl methyl sites for hydroxylation is 2. The van der Waals surface area contributed by atoms with Crippen LogP contribution in [0.15, 0.2) is 102 Å². The first-order valence-corrected chi connectivity index (χ1v) is 34.6. The molecule has 0 radical (unpaired) electrons. The van der Waals surface area contributed by atoms with Gasteiger partial charge in [-0.3, -0.25) is 9.59 Å². The van der Waals surface area contributed by atoms with E-state index in [1.54, 1.807) is 14.2 Å². The number of fused-ring (bicyclic) bond motifs is 2. The Balaban J connectivity index is 0.000000211. The lowest BCUT2D eigenvalue weighted by Gasteiger charge is -2.33. The number of benzene rings is 4. The molecule has 4 atom stereocenters. The molecule has 4 aromatic carbocycles. The fourth-order valence-electron chi connectivity index (χ4n) is 13.1. The maximum Gasteiger partial charge on any atom is 0.494 e. The molecule has 20 heteroatoms. The van der Waals surface area contributed by atoms with E-state index in [4.69, 9.17) is 47.4 Å². The van der Waals surface area contributed by atoms with Crippen LogP contribution in [0.3, 0.4) is 0 Å². The molecule has 0 unspecified atom stereocenters. The fraction of sp³-hybridized carbons (Fsp3) is 0.622. The van der Waals surface area contributed by atoms with E-state index in [0.717, 1.165) is 136 Å². The van der Waals surface area contributed by atoms with Crippen LogP contribution in [-0.2, 0) is 72.9 Å². The van der Waals surface area contributed by atoms with Gasteiger partial charge in [0.2, 0.25) is 11.8 Å². The third-order valence-corrected chi connectivity index (χ3v) is 21.0. The summed E-state index contributed by atoms with van der Waals surface area (Å²) in [4.78, 5) is 40.8. The molecule has 0 saturated carbocycles. The van der Waals surface area contributed by atoms with Gasteiger partial charge in [0, 0.05) is 95.9 Å². The van der Waals surface area contributed by atoms with E-state index in [9.17, 15) is 9.59 Å². The molecule has 0 N–H and O–H groups in total. The molecule has 11 rings (SSSR count). The highest BCUT2D eigenvalue weighted by molar-refractivity contribution is 9.10. The second-order valence-corrected chi connectivity index (χ2v) is 30.4. The van der Waals surface area contributed by atoms with Crippen molar-refractivity contribution < 1.29 is 47.0 Å². The Morgan fingerprint density at radius 3 is 1.26 bits per heavy atom. The summed E-state index contributed by atoms with van der Waals surface area (Å²) >= 11 is 3.49. The van der Waals surface area contributed by atoms with Gasteiger partial charge in [-0.15, -0.1) is 0 Å². The zero-order chi connectivity index (χ0) is 66.4. The maximum atomic E-state index is 13.4. The number of para-hydroxylation sites is 4. The highest BCUT2D eigenvalue weighted by atomic mass is 79.9. The SMILES string of the molecule is C.C.CC1(C)OB(B2OC(C)(C)C(C)(C)O2)OC1(C)C.COCCCn1c([C@@H]2CCCN(C(=O)C[C@H](C)Cc3ccc(B4OC(C)(C)C(C)(C)O4)cc3)C2)nc2ccccc21.COCCCn1c([C@@H]2CCCN(C(=O)C[C@H](C)Cc3ccc(Br)cc3)C2)nc2ccccc21. The number of piperidine rings is 2. The number of carbonyl (C=O) groups excluding carboxylic acids is 2. The summed E-state index contributed by atoms with van der Waals surface area (Å²) in [6.45, 7) is 35.3. The molecule has 0 spiro atoms. The van der Waals surface area contributed by atoms with Gasteiger partial charge >= 0.3 is 21.1 Å². The highest BCUT2D eigenvalue weighted by Crippen LogP contribution is 2.44. The Labute approximate surface area is 573 Å². The number of ether oxygens (including phenoxy) is 2. The summed E-state index contributed by atoms with van der Waals surface area (Å²) in [6, 6.07) is 33.6. The Kier molecular flexibility index (Phi) is 26.2. The van der Waals surface area contributed by atoms with Crippen LogP contribution in [-0.4, -0.2) is 149 Å². The van der Waals surface area contributed by atoms with Gasteiger partial charge in [-0.1, -0.05) is 105 Å². The number of nitrogens with zero attached hydrogens (tertiary/aromatic N) is 6. The zero-order valence-corrected chi connectivity index (χ0v) is 59.7. The number of methoxy groups -OCH3 is 2. The summed E-state index contributed by atoms with van der Waals surface area (Å²) in [5.41, 5.74) is 5.80. The summed E-state index contributed by atoms with van der Waals surface area (Å²) in [7, 11) is 2.19. The molecular weight excluding hydrogens is 1250 g/mol. The number of hydrogen-bond donors (Lipinski definition) is 0. The molecule has 0 aliphatic carbocycles. The summed E-state index contributed by atoms with van der Waals surface area (Å²) in [6.07, 6.45) is 8.98. The summed E-state index contributed by atoms with van der Waals surface area (Å²) < 4.78 is 52.6. The van der Waals surface area contributed by atoms with Gasteiger partial charge in [0.25, 0.3) is 0 Å². The Morgan fingerprint density at radius 1 is 0.532 bits per heavy atom. The summed E-state index contributed by atoms with van der Waals surface area (Å²) in [5.74, 6) is 3.84. The van der Waals surface area contributed by atoms with Gasteiger partial charge in [0.05, 0.1) is 55.7 Å². The van der Waals surface area contributed by atoms with E-state index in [-0.39, 0.29) is 85.1 Å². The van der Waals surface area contributed by atoms with Crippen LogP contribution in [0.2, 0.25) is 0 Å². The molecule has 2 amide bonds. The molecule has 6 aromatic rings. The van der Waals surface area contributed by atoms with Gasteiger partial charge < -0.3 is 56.3 Å². The molecule has 7 heterocycles. The third-order valence-electron chi connectivity index (χ3n) is 20.5. The minimum atomic E-state index is -0.476. The Bertz CT molecular complexity index is 3330.